The summed E-state index contributed by atoms with van der Waals surface area (Å²) in [5.74, 6) is 0. The van der Waals surface area contributed by atoms with Crippen molar-refractivity contribution in [1.29, 1.82) is 0 Å². The van der Waals surface area contributed by atoms with Crippen LogP contribution in [0.25, 0.3) is 10.6 Å². The van der Waals surface area contributed by atoms with E-state index in [1.165, 1.54) is 10.4 Å². The molecule has 0 fully saturated rings. The summed E-state index contributed by atoms with van der Waals surface area (Å²) in [7, 11) is 1.96. The van der Waals surface area contributed by atoms with E-state index in [1.54, 1.807) is 11.3 Å². The van der Waals surface area contributed by atoms with Gasteiger partial charge in [-0.25, -0.2) is 4.98 Å². The Kier molecular flexibility index (Phi) is 4.14. The molecule has 98 valence electrons. The molecule has 0 saturated carbocycles. The highest BCUT2D eigenvalue weighted by Gasteiger charge is 2.12. The van der Waals surface area contributed by atoms with Crippen LogP contribution in [-0.2, 0) is 20.0 Å². The van der Waals surface area contributed by atoms with Crippen molar-refractivity contribution >= 4 is 11.3 Å². The van der Waals surface area contributed by atoms with Crippen LogP contribution in [-0.4, -0.2) is 20.8 Å². The monoisotopic (exact) mass is 264 g/mol. The lowest BCUT2D eigenvalue weighted by Crippen LogP contribution is -2.21. The summed E-state index contributed by atoms with van der Waals surface area (Å²) >= 11 is 1.74. The third-order valence-corrected chi connectivity index (χ3v) is 3.74. The van der Waals surface area contributed by atoms with E-state index in [2.05, 4.69) is 42.4 Å². The topological polar surface area (TPSA) is 42.7 Å². The van der Waals surface area contributed by atoms with Crippen LogP contribution in [0.1, 0.15) is 31.3 Å². The van der Waals surface area contributed by atoms with Crippen LogP contribution in [0.5, 0.6) is 0 Å². The molecule has 18 heavy (non-hydrogen) atoms. The standard InChI is InChI=1S/C13H20N4S/c1-5-12-11(8-17(4)16-12)13-15-7-10(18-13)6-14-9(2)3/h7-9,14H,5-6H2,1-4H3. The third kappa shape index (κ3) is 2.97. The molecule has 0 aliphatic rings. The molecule has 1 N–H and O–H groups in total. The van der Waals surface area contributed by atoms with Gasteiger partial charge in [0.25, 0.3) is 0 Å². The fourth-order valence-corrected chi connectivity index (χ4v) is 2.69. The Morgan fingerprint density at radius 2 is 2.22 bits per heavy atom. The van der Waals surface area contributed by atoms with E-state index >= 15 is 0 Å². The van der Waals surface area contributed by atoms with Crippen molar-refractivity contribution in [2.75, 3.05) is 0 Å². The number of aromatic nitrogens is 3. The van der Waals surface area contributed by atoms with E-state index in [1.807, 2.05) is 17.9 Å². The summed E-state index contributed by atoms with van der Waals surface area (Å²) in [5.41, 5.74) is 2.29. The Morgan fingerprint density at radius 1 is 1.44 bits per heavy atom. The zero-order valence-corrected chi connectivity index (χ0v) is 12.2. The Morgan fingerprint density at radius 3 is 2.89 bits per heavy atom. The van der Waals surface area contributed by atoms with Crippen LogP contribution in [0.2, 0.25) is 0 Å². The molecule has 0 aromatic carbocycles. The summed E-state index contributed by atoms with van der Waals surface area (Å²) in [5, 5.41) is 8.94. The molecule has 0 unspecified atom stereocenters. The normalized spacial score (nSPS) is 11.4. The zero-order valence-electron chi connectivity index (χ0n) is 11.4. The average molecular weight is 264 g/mol. The van der Waals surface area contributed by atoms with Gasteiger partial charge in [-0.1, -0.05) is 20.8 Å². The summed E-state index contributed by atoms with van der Waals surface area (Å²) in [6.45, 7) is 7.31. The Labute approximate surface area is 112 Å². The van der Waals surface area contributed by atoms with Crippen molar-refractivity contribution in [2.24, 2.45) is 7.05 Å². The van der Waals surface area contributed by atoms with Crippen LogP contribution in [0.4, 0.5) is 0 Å². The molecule has 2 aromatic rings. The molecule has 0 aliphatic heterocycles. The zero-order chi connectivity index (χ0) is 13.1. The van der Waals surface area contributed by atoms with Crippen molar-refractivity contribution in [3.63, 3.8) is 0 Å². The predicted octanol–water partition coefficient (Wildman–Crippen LogP) is 2.60. The molecule has 0 bridgehead atoms. The van der Waals surface area contributed by atoms with Crippen molar-refractivity contribution in [1.82, 2.24) is 20.1 Å². The minimum atomic E-state index is 0.500. The van der Waals surface area contributed by atoms with Gasteiger partial charge in [0.05, 0.1) is 11.3 Å². The minimum Gasteiger partial charge on any atom is -0.310 e. The molecule has 2 heterocycles. The van der Waals surface area contributed by atoms with Crippen molar-refractivity contribution in [2.45, 2.75) is 39.8 Å². The highest BCUT2D eigenvalue weighted by Crippen LogP contribution is 2.27. The second-order valence-electron chi connectivity index (χ2n) is 4.68. The molecule has 0 radical (unpaired) electrons. The van der Waals surface area contributed by atoms with E-state index in [-0.39, 0.29) is 0 Å². The van der Waals surface area contributed by atoms with E-state index in [0.717, 1.165) is 23.7 Å². The molecule has 2 rings (SSSR count). The Hall–Kier alpha value is -1.20. The van der Waals surface area contributed by atoms with E-state index in [0.29, 0.717) is 6.04 Å². The van der Waals surface area contributed by atoms with Gasteiger partial charge in [0, 0.05) is 36.9 Å². The smallest absolute Gasteiger partial charge is 0.127 e. The maximum atomic E-state index is 4.51. The van der Waals surface area contributed by atoms with Gasteiger partial charge < -0.3 is 5.32 Å². The summed E-state index contributed by atoms with van der Waals surface area (Å²) in [6.07, 6.45) is 4.95. The molecule has 0 spiro atoms. The van der Waals surface area contributed by atoms with Crippen LogP contribution in [0.15, 0.2) is 12.4 Å². The van der Waals surface area contributed by atoms with Crippen LogP contribution < -0.4 is 5.32 Å². The average Bonchev–Trinajstić information content (AvgIpc) is 2.92. The molecule has 0 amide bonds. The first-order valence-electron chi connectivity index (χ1n) is 6.31. The van der Waals surface area contributed by atoms with Gasteiger partial charge in [-0.15, -0.1) is 11.3 Å². The Bertz CT molecular complexity index is 513. The molecule has 0 atom stereocenters. The van der Waals surface area contributed by atoms with Gasteiger partial charge in [-0.2, -0.15) is 5.10 Å². The highest BCUT2D eigenvalue weighted by molar-refractivity contribution is 7.15. The Balaban J connectivity index is 2.18. The molecular formula is C13H20N4S. The van der Waals surface area contributed by atoms with Crippen LogP contribution >= 0.6 is 11.3 Å². The highest BCUT2D eigenvalue weighted by atomic mass is 32.1. The lowest BCUT2D eigenvalue weighted by molar-refractivity contribution is 0.593. The lowest BCUT2D eigenvalue weighted by Gasteiger charge is -2.04. The number of nitrogens with one attached hydrogen (secondary N) is 1. The van der Waals surface area contributed by atoms with Gasteiger partial charge in [0.2, 0.25) is 0 Å². The summed E-state index contributed by atoms with van der Waals surface area (Å²) in [6, 6.07) is 0.500. The third-order valence-electron chi connectivity index (χ3n) is 2.71. The first-order valence-corrected chi connectivity index (χ1v) is 7.12. The summed E-state index contributed by atoms with van der Waals surface area (Å²) < 4.78 is 1.86. The van der Waals surface area contributed by atoms with E-state index in [4.69, 9.17) is 0 Å². The van der Waals surface area contributed by atoms with E-state index < -0.39 is 0 Å². The van der Waals surface area contributed by atoms with Gasteiger partial charge in [-0.05, 0) is 6.42 Å². The lowest BCUT2D eigenvalue weighted by atomic mass is 10.2. The quantitative estimate of drug-likeness (QED) is 0.902. The SMILES string of the molecule is CCc1nn(C)cc1-c1ncc(CNC(C)C)s1. The maximum absolute atomic E-state index is 4.51. The van der Waals surface area contributed by atoms with Gasteiger partial charge in [0.1, 0.15) is 5.01 Å². The van der Waals surface area contributed by atoms with Gasteiger partial charge >= 0.3 is 0 Å². The predicted molar refractivity (Wildman–Crippen MR) is 75.7 cm³/mol. The second kappa shape index (κ2) is 5.63. The van der Waals surface area contributed by atoms with Crippen LogP contribution in [0, 0.1) is 0 Å². The largest absolute Gasteiger partial charge is 0.310 e. The molecule has 4 nitrogen and oxygen atoms in total. The van der Waals surface area contributed by atoms with Crippen molar-refractivity contribution < 1.29 is 0 Å². The number of hydrogen-bond donors (Lipinski definition) is 1. The van der Waals surface area contributed by atoms with E-state index in [9.17, 15) is 0 Å². The minimum absolute atomic E-state index is 0.500. The van der Waals surface area contributed by atoms with Gasteiger partial charge in [-0.3, -0.25) is 4.68 Å². The first-order chi connectivity index (χ1) is 8.60. The first kappa shape index (κ1) is 13.2. The molecule has 5 heteroatoms. The fraction of sp³-hybridized carbons (Fsp3) is 0.538. The fourth-order valence-electron chi connectivity index (χ4n) is 1.79. The summed E-state index contributed by atoms with van der Waals surface area (Å²) in [4.78, 5) is 5.78. The number of rotatable bonds is 5. The molecule has 0 aliphatic carbocycles. The molecular weight excluding hydrogens is 244 g/mol. The maximum Gasteiger partial charge on any atom is 0.127 e. The number of thiazole rings is 1. The number of hydrogen-bond acceptors (Lipinski definition) is 4. The second-order valence-corrected chi connectivity index (χ2v) is 5.80. The molecule has 2 aromatic heterocycles. The number of aryl methyl sites for hydroxylation is 2. The van der Waals surface area contributed by atoms with Crippen molar-refractivity contribution in [3.8, 4) is 10.6 Å². The molecule has 0 saturated heterocycles. The van der Waals surface area contributed by atoms with Crippen molar-refractivity contribution in [3.05, 3.63) is 23.0 Å². The number of nitrogens with zero attached hydrogens (tertiary/aromatic N) is 3. The van der Waals surface area contributed by atoms with Gasteiger partial charge in [0.15, 0.2) is 0 Å². The van der Waals surface area contributed by atoms with Crippen LogP contribution in [0.3, 0.4) is 0 Å².